The van der Waals surface area contributed by atoms with Gasteiger partial charge in [0.1, 0.15) is 6.61 Å². The minimum absolute atomic E-state index is 0.107. The fraction of sp³-hybridized carbons (Fsp3) is 0.688. The van der Waals surface area contributed by atoms with Crippen LogP contribution >= 0.6 is 11.3 Å². The van der Waals surface area contributed by atoms with Gasteiger partial charge in [0.15, 0.2) is 0 Å². The normalized spacial score (nSPS) is 22.5. The highest BCUT2D eigenvalue weighted by Gasteiger charge is 2.39. The Morgan fingerprint density at radius 1 is 1.45 bits per heavy atom. The molecule has 1 saturated carbocycles. The number of rotatable bonds is 5. The quantitative estimate of drug-likeness (QED) is 0.782. The zero-order chi connectivity index (χ0) is 15.5. The van der Waals surface area contributed by atoms with E-state index in [1.807, 2.05) is 10.3 Å². The van der Waals surface area contributed by atoms with E-state index >= 15 is 0 Å². The van der Waals surface area contributed by atoms with Gasteiger partial charge in [0.2, 0.25) is 5.91 Å². The summed E-state index contributed by atoms with van der Waals surface area (Å²) in [4.78, 5) is 30.6. The molecule has 1 aliphatic heterocycles. The van der Waals surface area contributed by atoms with Gasteiger partial charge in [-0.3, -0.25) is 9.59 Å². The molecule has 2 fully saturated rings. The van der Waals surface area contributed by atoms with Crippen LogP contribution < -0.4 is 0 Å². The van der Waals surface area contributed by atoms with Gasteiger partial charge in [-0.15, -0.1) is 11.3 Å². The maximum Gasteiger partial charge on any atom is 0.311 e. The predicted molar refractivity (Wildman–Crippen MR) is 83.4 cm³/mol. The number of thiazole rings is 1. The molecule has 1 unspecified atom stereocenters. The molecule has 1 aromatic heterocycles. The van der Waals surface area contributed by atoms with Gasteiger partial charge in [0.25, 0.3) is 0 Å². The van der Waals surface area contributed by atoms with E-state index < -0.39 is 0 Å². The van der Waals surface area contributed by atoms with Crippen LogP contribution in [0.5, 0.6) is 0 Å². The molecule has 1 saturated heterocycles. The molecular formula is C16H22N2O3S. The summed E-state index contributed by atoms with van der Waals surface area (Å²) >= 11 is 1.59. The lowest BCUT2D eigenvalue weighted by Crippen LogP contribution is -2.35. The van der Waals surface area contributed by atoms with Crippen LogP contribution in [0.15, 0.2) is 5.38 Å². The summed E-state index contributed by atoms with van der Waals surface area (Å²) in [6.45, 7) is 2.79. The van der Waals surface area contributed by atoms with Crippen LogP contribution in [-0.2, 0) is 27.4 Å². The van der Waals surface area contributed by atoms with Crippen LogP contribution in [0.4, 0.5) is 0 Å². The van der Waals surface area contributed by atoms with Crippen molar-refractivity contribution in [3.8, 4) is 0 Å². The Bertz CT molecular complexity index is 551. The SMILES string of the molecule is CCc1nc(COC(=O)C2CC(=O)N(C3CCCC3)C2)cs1. The van der Waals surface area contributed by atoms with E-state index in [0.717, 1.165) is 30.0 Å². The molecule has 22 heavy (non-hydrogen) atoms. The Morgan fingerprint density at radius 2 is 2.23 bits per heavy atom. The number of aryl methyl sites for hydroxylation is 1. The average molecular weight is 322 g/mol. The maximum atomic E-state index is 12.2. The topological polar surface area (TPSA) is 59.5 Å². The molecule has 1 amide bonds. The second kappa shape index (κ2) is 6.77. The fourth-order valence-electron chi connectivity index (χ4n) is 3.30. The molecule has 0 aromatic carbocycles. The standard InChI is InChI=1S/C16H22N2O3S/c1-2-14-17-12(10-22-14)9-21-16(20)11-7-15(19)18(8-11)13-5-3-4-6-13/h10-11,13H,2-9H2,1H3. The number of nitrogens with zero attached hydrogens (tertiary/aromatic N) is 2. The third-order valence-corrected chi connectivity index (χ3v) is 5.56. The number of likely N-dealkylation sites (tertiary alicyclic amines) is 1. The molecule has 1 aromatic rings. The molecule has 3 rings (SSSR count). The second-order valence-electron chi connectivity index (χ2n) is 6.08. The first-order chi connectivity index (χ1) is 10.7. The van der Waals surface area contributed by atoms with Gasteiger partial charge in [0.05, 0.1) is 16.6 Å². The van der Waals surface area contributed by atoms with Crippen molar-refractivity contribution in [1.82, 2.24) is 9.88 Å². The molecule has 0 radical (unpaired) electrons. The molecule has 2 aliphatic rings. The zero-order valence-corrected chi connectivity index (χ0v) is 13.7. The minimum Gasteiger partial charge on any atom is -0.459 e. The van der Waals surface area contributed by atoms with Crippen molar-refractivity contribution in [1.29, 1.82) is 0 Å². The van der Waals surface area contributed by atoms with Crippen molar-refractivity contribution >= 4 is 23.2 Å². The molecular weight excluding hydrogens is 300 g/mol. The lowest BCUT2D eigenvalue weighted by atomic mass is 10.1. The molecule has 2 heterocycles. The van der Waals surface area contributed by atoms with Gasteiger partial charge < -0.3 is 9.64 Å². The first-order valence-electron chi connectivity index (χ1n) is 8.06. The molecule has 120 valence electrons. The van der Waals surface area contributed by atoms with Crippen molar-refractivity contribution in [3.05, 3.63) is 16.1 Å². The first-order valence-corrected chi connectivity index (χ1v) is 8.94. The Kier molecular flexibility index (Phi) is 4.76. The summed E-state index contributed by atoms with van der Waals surface area (Å²) in [5.41, 5.74) is 0.798. The fourth-order valence-corrected chi connectivity index (χ4v) is 4.03. The summed E-state index contributed by atoms with van der Waals surface area (Å²) < 4.78 is 5.36. The average Bonchev–Trinajstić information content (AvgIpc) is 3.24. The lowest BCUT2D eigenvalue weighted by molar-refractivity contribution is -0.149. The summed E-state index contributed by atoms with van der Waals surface area (Å²) in [5.74, 6) is -0.465. The minimum atomic E-state index is -0.308. The van der Waals surface area contributed by atoms with Gasteiger partial charge in [-0.25, -0.2) is 4.98 Å². The van der Waals surface area contributed by atoms with Crippen LogP contribution in [0.1, 0.15) is 49.7 Å². The first kappa shape index (κ1) is 15.5. The van der Waals surface area contributed by atoms with Gasteiger partial charge in [-0.05, 0) is 19.3 Å². The van der Waals surface area contributed by atoms with E-state index in [1.54, 1.807) is 11.3 Å². The molecule has 5 nitrogen and oxygen atoms in total. The predicted octanol–water partition coefficient (Wildman–Crippen LogP) is 2.54. The summed E-state index contributed by atoms with van der Waals surface area (Å²) in [5, 5.41) is 2.98. The highest BCUT2D eigenvalue weighted by Crippen LogP contribution is 2.30. The zero-order valence-electron chi connectivity index (χ0n) is 12.9. The summed E-state index contributed by atoms with van der Waals surface area (Å²) in [6.07, 6.45) is 5.72. The number of aromatic nitrogens is 1. The monoisotopic (exact) mass is 322 g/mol. The number of carbonyl (C=O) groups excluding carboxylic acids is 2. The Labute approximate surface area is 134 Å². The summed E-state index contributed by atoms with van der Waals surface area (Å²) in [6, 6.07) is 0.343. The van der Waals surface area contributed by atoms with Crippen molar-refractivity contribution in [2.24, 2.45) is 5.92 Å². The maximum absolute atomic E-state index is 12.2. The Hall–Kier alpha value is -1.43. The molecule has 0 bridgehead atoms. The van der Waals surface area contributed by atoms with E-state index in [4.69, 9.17) is 4.74 Å². The van der Waals surface area contributed by atoms with Crippen molar-refractivity contribution in [2.75, 3.05) is 6.54 Å². The third kappa shape index (κ3) is 3.32. The third-order valence-electron chi connectivity index (χ3n) is 4.52. The molecule has 6 heteroatoms. The number of hydrogen-bond acceptors (Lipinski definition) is 5. The van der Waals surface area contributed by atoms with Gasteiger partial charge in [-0.2, -0.15) is 0 Å². The van der Waals surface area contributed by atoms with E-state index in [-0.39, 0.29) is 24.4 Å². The number of amides is 1. The highest BCUT2D eigenvalue weighted by molar-refractivity contribution is 7.09. The van der Waals surface area contributed by atoms with Crippen LogP contribution in [-0.4, -0.2) is 34.3 Å². The Balaban J connectivity index is 1.51. The highest BCUT2D eigenvalue weighted by atomic mass is 32.1. The number of hydrogen-bond donors (Lipinski definition) is 0. The Morgan fingerprint density at radius 3 is 2.91 bits per heavy atom. The molecule has 0 N–H and O–H groups in total. The van der Waals surface area contributed by atoms with Crippen molar-refractivity contribution in [2.45, 2.75) is 58.1 Å². The number of ether oxygens (including phenoxy) is 1. The number of carbonyl (C=O) groups is 2. The van der Waals surface area contributed by atoms with E-state index in [2.05, 4.69) is 11.9 Å². The van der Waals surface area contributed by atoms with Crippen molar-refractivity contribution in [3.63, 3.8) is 0 Å². The van der Waals surface area contributed by atoms with Gasteiger partial charge in [-0.1, -0.05) is 19.8 Å². The van der Waals surface area contributed by atoms with Crippen molar-refractivity contribution < 1.29 is 14.3 Å². The van der Waals surface area contributed by atoms with E-state index in [0.29, 0.717) is 19.0 Å². The molecule has 1 atom stereocenters. The van der Waals surface area contributed by atoms with E-state index in [1.165, 1.54) is 12.8 Å². The van der Waals surface area contributed by atoms with E-state index in [9.17, 15) is 9.59 Å². The van der Waals surface area contributed by atoms with Crippen LogP contribution in [0.2, 0.25) is 0 Å². The smallest absolute Gasteiger partial charge is 0.311 e. The molecule has 1 aliphatic carbocycles. The largest absolute Gasteiger partial charge is 0.459 e. The van der Waals surface area contributed by atoms with Gasteiger partial charge in [0, 0.05) is 24.4 Å². The second-order valence-corrected chi connectivity index (χ2v) is 7.02. The lowest BCUT2D eigenvalue weighted by Gasteiger charge is -2.23. The molecule has 0 spiro atoms. The van der Waals surface area contributed by atoms with Crippen LogP contribution in [0.3, 0.4) is 0 Å². The number of esters is 1. The van der Waals surface area contributed by atoms with Crippen LogP contribution in [0, 0.1) is 5.92 Å². The van der Waals surface area contributed by atoms with Gasteiger partial charge >= 0.3 is 5.97 Å². The van der Waals surface area contributed by atoms with Crippen LogP contribution in [0.25, 0.3) is 0 Å². The summed E-state index contributed by atoms with van der Waals surface area (Å²) in [7, 11) is 0.